The maximum absolute atomic E-state index is 14.0. The van der Waals surface area contributed by atoms with Gasteiger partial charge in [-0.15, -0.1) is 0 Å². The van der Waals surface area contributed by atoms with Crippen LogP contribution in [0.15, 0.2) is 36.4 Å². The van der Waals surface area contributed by atoms with Crippen molar-refractivity contribution in [1.29, 1.82) is 0 Å². The summed E-state index contributed by atoms with van der Waals surface area (Å²) in [6.45, 7) is 2.60. The maximum atomic E-state index is 14.0. The van der Waals surface area contributed by atoms with E-state index in [1.807, 2.05) is 6.07 Å². The number of hydrogen-bond acceptors (Lipinski definition) is 5. The summed E-state index contributed by atoms with van der Waals surface area (Å²) in [7, 11) is 0. The lowest BCUT2D eigenvalue weighted by atomic mass is 10.1. The molecule has 12 heteroatoms. The molecule has 2 aromatic rings. The summed E-state index contributed by atoms with van der Waals surface area (Å²) in [4.78, 5) is 25.2. The smallest absolute Gasteiger partial charge is 0.417 e. The zero-order chi connectivity index (χ0) is 24.9. The minimum absolute atomic E-state index is 0.201. The molecular formula is C22H20Cl2F4N2O4. The van der Waals surface area contributed by atoms with Crippen molar-refractivity contribution in [3.8, 4) is 5.75 Å². The molecule has 6 nitrogen and oxygen atoms in total. The Morgan fingerprint density at radius 2 is 1.85 bits per heavy atom. The van der Waals surface area contributed by atoms with Gasteiger partial charge in [0, 0.05) is 26.2 Å². The van der Waals surface area contributed by atoms with Crippen molar-refractivity contribution in [2.45, 2.75) is 25.2 Å². The van der Waals surface area contributed by atoms with Gasteiger partial charge in [0.2, 0.25) is 5.91 Å². The summed E-state index contributed by atoms with van der Waals surface area (Å²) in [5, 5.41) is 3.65. The van der Waals surface area contributed by atoms with Crippen LogP contribution in [0.4, 0.5) is 17.6 Å². The zero-order valence-corrected chi connectivity index (χ0v) is 19.1. The Morgan fingerprint density at radius 3 is 2.53 bits per heavy atom. The number of hydrogen-bond donors (Lipinski definition) is 1. The van der Waals surface area contributed by atoms with Crippen molar-refractivity contribution < 1.29 is 36.6 Å². The lowest BCUT2D eigenvalue weighted by Crippen LogP contribution is -2.47. The first-order valence-electron chi connectivity index (χ1n) is 10.1. The van der Waals surface area contributed by atoms with E-state index in [2.05, 4.69) is 15.0 Å². The van der Waals surface area contributed by atoms with Crippen molar-refractivity contribution in [2.24, 2.45) is 0 Å². The minimum atomic E-state index is -5.25. The van der Waals surface area contributed by atoms with Gasteiger partial charge in [-0.3, -0.25) is 9.69 Å². The molecule has 0 saturated carbocycles. The molecule has 0 radical (unpaired) electrons. The summed E-state index contributed by atoms with van der Waals surface area (Å²) in [6, 6.07) is 8.33. The standard InChI is InChI=1S/C22H20Cl2F4N2O4/c23-16-3-1-14(7-17(16)24)11-30-5-6-33-15(12-30)10-29-20(31)9-13-2-4-19(18(25)8-13)34-21(32)22(26,27)28/h1-4,7-8,15H,5-6,9-12H2,(H,29,31). The largest absolute Gasteiger partial charge is 0.491 e. The number of ether oxygens (including phenoxy) is 2. The molecule has 1 saturated heterocycles. The van der Waals surface area contributed by atoms with E-state index in [1.165, 1.54) is 6.07 Å². The summed E-state index contributed by atoms with van der Waals surface area (Å²) >= 11 is 12.0. The van der Waals surface area contributed by atoms with Crippen molar-refractivity contribution >= 4 is 35.1 Å². The normalized spacial score (nSPS) is 16.8. The predicted molar refractivity (Wildman–Crippen MR) is 116 cm³/mol. The van der Waals surface area contributed by atoms with Gasteiger partial charge < -0.3 is 14.8 Å². The van der Waals surface area contributed by atoms with Crippen LogP contribution in [0.5, 0.6) is 5.75 Å². The van der Waals surface area contributed by atoms with Crippen molar-refractivity contribution in [3.05, 3.63) is 63.4 Å². The average molecular weight is 523 g/mol. The molecule has 1 aliphatic heterocycles. The number of carbonyl (C=O) groups excluding carboxylic acids is 2. The van der Waals surface area contributed by atoms with Gasteiger partial charge in [0.15, 0.2) is 11.6 Å². The van der Waals surface area contributed by atoms with E-state index >= 15 is 0 Å². The molecule has 1 amide bonds. The van der Waals surface area contributed by atoms with Crippen LogP contribution in [0.3, 0.4) is 0 Å². The van der Waals surface area contributed by atoms with Gasteiger partial charge in [-0.25, -0.2) is 9.18 Å². The van der Waals surface area contributed by atoms with Crippen LogP contribution in [0.1, 0.15) is 11.1 Å². The minimum Gasteiger partial charge on any atom is -0.417 e. The topological polar surface area (TPSA) is 67.9 Å². The average Bonchev–Trinajstić information content (AvgIpc) is 2.76. The van der Waals surface area contributed by atoms with E-state index in [9.17, 15) is 27.2 Å². The number of rotatable bonds is 7. The summed E-state index contributed by atoms with van der Waals surface area (Å²) < 4.78 is 60.4. The molecular weight excluding hydrogens is 503 g/mol. The second-order valence-electron chi connectivity index (χ2n) is 7.61. The van der Waals surface area contributed by atoms with Crippen LogP contribution >= 0.6 is 23.2 Å². The highest BCUT2D eigenvalue weighted by molar-refractivity contribution is 6.42. The summed E-state index contributed by atoms with van der Waals surface area (Å²) in [5.74, 6) is -5.01. The Morgan fingerprint density at radius 1 is 1.12 bits per heavy atom. The molecule has 2 aromatic carbocycles. The van der Waals surface area contributed by atoms with Gasteiger partial charge in [-0.05, 0) is 35.4 Å². The third-order valence-electron chi connectivity index (χ3n) is 4.94. The molecule has 1 atom stereocenters. The van der Waals surface area contributed by atoms with Crippen LogP contribution in [0.25, 0.3) is 0 Å². The molecule has 0 aromatic heterocycles. The summed E-state index contributed by atoms with van der Waals surface area (Å²) in [6.07, 6.45) is -5.73. The number of morpholine rings is 1. The van der Waals surface area contributed by atoms with E-state index in [1.54, 1.807) is 12.1 Å². The quantitative estimate of drug-likeness (QED) is 0.336. The van der Waals surface area contributed by atoms with Crippen LogP contribution in [-0.4, -0.2) is 55.3 Å². The molecule has 1 fully saturated rings. The van der Waals surface area contributed by atoms with Crippen molar-refractivity contribution in [1.82, 2.24) is 10.2 Å². The lowest BCUT2D eigenvalue weighted by Gasteiger charge is -2.33. The third-order valence-corrected chi connectivity index (χ3v) is 5.67. The van der Waals surface area contributed by atoms with E-state index in [-0.39, 0.29) is 24.6 Å². The molecule has 1 heterocycles. The van der Waals surface area contributed by atoms with Gasteiger partial charge in [-0.2, -0.15) is 13.2 Å². The fraction of sp³-hybridized carbons (Fsp3) is 0.364. The van der Waals surface area contributed by atoms with Gasteiger partial charge in [0.1, 0.15) is 0 Å². The van der Waals surface area contributed by atoms with Crippen molar-refractivity contribution in [2.75, 3.05) is 26.2 Å². The summed E-state index contributed by atoms with van der Waals surface area (Å²) in [5.41, 5.74) is 1.19. The fourth-order valence-electron chi connectivity index (χ4n) is 3.31. The molecule has 1 unspecified atom stereocenters. The van der Waals surface area contributed by atoms with Gasteiger partial charge in [0.25, 0.3) is 0 Å². The third kappa shape index (κ3) is 7.56. The molecule has 3 rings (SSSR count). The second kappa shape index (κ2) is 11.4. The fourth-order valence-corrected chi connectivity index (χ4v) is 3.63. The molecule has 1 N–H and O–H groups in total. The van der Waals surface area contributed by atoms with Gasteiger partial charge >= 0.3 is 12.1 Å². The highest BCUT2D eigenvalue weighted by atomic mass is 35.5. The highest BCUT2D eigenvalue weighted by Crippen LogP contribution is 2.25. The first-order chi connectivity index (χ1) is 16.0. The maximum Gasteiger partial charge on any atom is 0.491 e. The van der Waals surface area contributed by atoms with Crippen LogP contribution in [0, 0.1) is 5.82 Å². The molecule has 0 aliphatic carbocycles. The van der Waals surface area contributed by atoms with Crippen LogP contribution in [0.2, 0.25) is 10.0 Å². The number of nitrogens with zero attached hydrogens (tertiary/aromatic N) is 1. The highest BCUT2D eigenvalue weighted by Gasteiger charge is 2.41. The second-order valence-corrected chi connectivity index (χ2v) is 8.42. The first kappa shape index (κ1) is 26.2. The SMILES string of the molecule is O=C(Cc1ccc(OC(=O)C(F)(F)F)c(F)c1)NCC1CN(Cc2ccc(Cl)c(Cl)c2)CCO1. The number of amides is 1. The van der Waals surface area contributed by atoms with E-state index in [4.69, 9.17) is 27.9 Å². The number of benzene rings is 2. The molecule has 34 heavy (non-hydrogen) atoms. The molecule has 184 valence electrons. The van der Waals surface area contributed by atoms with E-state index in [0.29, 0.717) is 36.3 Å². The number of carbonyl (C=O) groups is 2. The van der Waals surface area contributed by atoms with Crippen LogP contribution < -0.4 is 10.1 Å². The first-order valence-corrected chi connectivity index (χ1v) is 10.9. The van der Waals surface area contributed by atoms with E-state index in [0.717, 1.165) is 17.7 Å². The predicted octanol–water partition coefficient (Wildman–Crippen LogP) is 4.16. The molecule has 0 spiro atoms. The van der Waals surface area contributed by atoms with E-state index < -0.39 is 29.6 Å². The van der Waals surface area contributed by atoms with Gasteiger partial charge in [0.05, 0.1) is 29.2 Å². The number of nitrogens with one attached hydrogen (secondary N) is 1. The Hall–Kier alpha value is -2.40. The molecule has 0 bridgehead atoms. The zero-order valence-electron chi connectivity index (χ0n) is 17.6. The monoisotopic (exact) mass is 522 g/mol. The van der Waals surface area contributed by atoms with Gasteiger partial charge in [-0.1, -0.05) is 35.3 Å². The number of esters is 1. The van der Waals surface area contributed by atoms with Crippen LogP contribution in [-0.2, 0) is 27.3 Å². The lowest BCUT2D eigenvalue weighted by molar-refractivity contribution is -0.189. The Bertz CT molecular complexity index is 1050. The Kier molecular flexibility index (Phi) is 8.75. The number of alkyl halides is 3. The Labute approximate surface area is 202 Å². The molecule has 1 aliphatic rings. The Balaban J connectivity index is 1.47. The van der Waals surface area contributed by atoms with Crippen molar-refractivity contribution in [3.63, 3.8) is 0 Å². The number of halogens is 6.